The predicted octanol–water partition coefficient (Wildman–Crippen LogP) is 4.34. The molecular weight excluding hydrogens is 290 g/mol. The Hall–Kier alpha value is -0.540. The first-order valence-corrected chi connectivity index (χ1v) is 7.52. The van der Waals surface area contributed by atoms with E-state index in [0.717, 1.165) is 22.5 Å². The number of piperidine rings is 1. The highest BCUT2D eigenvalue weighted by Gasteiger charge is 2.28. The van der Waals surface area contributed by atoms with Crippen LogP contribution in [0.4, 0.5) is 0 Å². The summed E-state index contributed by atoms with van der Waals surface area (Å²) in [5.74, 6) is 1.22. The van der Waals surface area contributed by atoms with Crippen LogP contribution in [0.15, 0.2) is 22.7 Å². The first-order valence-electron chi connectivity index (χ1n) is 6.73. The van der Waals surface area contributed by atoms with E-state index in [1.807, 2.05) is 12.1 Å². The van der Waals surface area contributed by atoms with Gasteiger partial charge in [0, 0.05) is 22.1 Å². The van der Waals surface area contributed by atoms with E-state index in [1.54, 1.807) is 6.07 Å². The Kier molecular flexibility index (Phi) is 4.33. The van der Waals surface area contributed by atoms with Gasteiger partial charge in [0.1, 0.15) is 5.75 Å². The summed E-state index contributed by atoms with van der Waals surface area (Å²) in [5.41, 5.74) is 1.02. The van der Waals surface area contributed by atoms with Crippen LogP contribution in [0.25, 0.3) is 0 Å². The van der Waals surface area contributed by atoms with E-state index in [4.69, 9.17) is 0 Å². The maximum Gasteiger partial charge on any atom is 0.120 e. The summed E-state index contributed by atoms with van der Waals surface area (Å²) in [5, 5.41) is 10.0. The zero-order valence-corrected chi connectivity index (χ0v) is 12.9. The van der Waals surface area contributed by atoms with Crippen molar-refractivity contribution in [3.8, 4) is 5.75 Å². The average molecular weight is 312 g/mol. The molecule has 1 heterocycles. The standard InChI is InChI=1S/C15H22BrNO/c1-10-6-7-17(11(2)8-10)12(3)14-9-13(16)4-5-15(14)18/h4-5,9-12,18H,6-8H2,1-3H3. The number of hydrogen-bond acceptors (Lipinski definition) is 2. The molecule has 2 nitrogen and oxygen atoms in total. The number of benzene rings is 1. The summed E-state index contributed by atoms with van der Waals surface area (Å²) in [4.78, 5) is 2.50. The van der Waals surface area contributed by atoms with Gasteiger partial charge >= 0.3 is 0 Å². The third-order valence-electron chi connectivity index (χ3n) is 4.13. The molecule has 0 aromatic heterocycles. The zero-order valence-electron chi connectivity index (χ0n) is 11.4. The summed E-state index contributed by atoms with van der Waals surface area (Å²) in [6, 6.07) is 6.54. The fourth-order valence-electron chi connectivity index (χ4n) is 3.04. The third kappa shape index (κ3) is 2.89. The highest BCUT2D eigenvalue weighted by atomic mass is 79.9. The molecule has 3 unspecified atom stereocenters. The van der Waals surface area contributed by atoms with Crippen molar-refractivity contribution in [2.45, 2.75) is 45.7 Å². The fourth-order valence-corrected chi connectivity index (χ4v) is 3.42. The van der Waals surface area contributed by atoms with E-state index in [1.165, 1.54) is 12.8 Å². The van der Waals surface area contributed by atoms with Gasteiger partial charge in [0.05, 0.1) is 0 Å². The van der Waals surface area contributed by atoms with E-state index < -0.39 is 0 Å². The number of nitrogens with zero attached hydrogens (tertiary/aromatic N) is 1. The highest BCUT2D eigenvalue weighted by Crippen LogP contribution is 2.35. The normalized spacial score (nSPS) is 27.1. The monoisotopic (exact) mass is 311 g/mol. The van der Waals surface area contributed by atoms with Gasteiger partial charge in [0.2, 0.25) is 0 Å². The molecule has 1 aromatic rings. The van der Waals surface area contributed by atoms with Crippen LogP contribution in [0.3, 0.4) is 0 Å². The molecule has 0 aliphatic carbocycles. The first-order chi connectivity index (χ1) is 8.49. The highest BCUT2D eigenvalue weighted by molar-refractivity contribution is 9.10. The molecule has 3 atom stereocenters. The van der Waals surface area contributed by atoms with Crippen molar-refractivity contribution in [1.82, 2.24) is 4.90 Å². The van der Waals surface area contributed by atoms with E-state index in [-0.39, 0.29) is 6.04 Å². The zero-order chi connectivity index (χ0) is 13.3. The number of rotatable bonds is 2. The van der Waals surface area contributed by atoms with Gasteiger partial charge in [0.15, 0.2) is 0 Å². The molecule has 2 rings (SSSR count). The maximum atomic E-state index is 10.0. The summed E-state index contributed by atoms with van der Waals surface area (Å²) in [6.07, 6.45) is 2.50. The van der Waals surface area contributed by atoms with Gasteiger partial charge < -0.3 is 5.11 Å². The smallest absolute Gasteiger partial charge is 0.120 e. The van der Waals surface area contributed by atoms with Gasteiger partial charge in [-0.3, -0.25) is 4.90 Å². The quantitative estimate of drug-likeness (QED) is 0.878. The molecule has 0 amide bonds. The lowest BCUT2D eigenvalue weighted by Crippen LogP contribution is -2.41. The summed E-state index contributed by atoms with van der Waals surface area (Å²) < 4.78 is 1.03. The van der Waals surface area contributed by atoms with Gasteiger partial charge in [-0.05, 0) is 57.4 Å². The second-order valence-corrected chi connectivity index (χ2v) is 6.51. The molecule has 1 aromatic carbocycles. The molecule has 0 radical (unpaired) electrons. The number of hydrogen-bond donors (Lipinski definition) is 1. The molecule has 1 saturated heterocycles. The van der Waals surface area contributed by atoms with Crippen molar-refractivity contribution in [3.05, 3.63) is 28.2 Å². The lowest BCUT2D eigenvalue weighted by molar-refractivity contribution is 0.0883. The van der Waals surface area contributed by atoms with Crippen molar-refractivity contribution in [2.75, 3.05) is 6.54 Å². The molecule has 3 heteroatoms. The van der Waals surface area contributed by atoms with E-state index in [9.17, 15) is 5.11 Å². The molecule has 18 heavy (non-hydrogen) atoms. The van der Waals surface area contributed by atoms with Crippen molar-refractivity contribution in [3.63, 3.8) is 0 Å². The van der Waals surface area contributed by atoms with Gasteiger partial charge in [-0.2, -0.15) is 0 Å². The summed E-state index contributed by atoms with van der Waals surface area (Å²) in [6.45, 7) is 7.93. The summed E-state index contributed by atoms with van der Waals surface area (Å²) in [7, 11) is 0. The lowest BCUT2D eigenvalue weighted by Gasteiger charge is -2.40. The minimum absolute atomic E-state index is 0.269. The van der Waals surface area contributed by atoms with Gasteiger partial charge in [-0.15, -0.1) is 0 Å². The fraction of sp³-hybridized carbons (Fsp3) is 0.600. The Morgan fingerprint density at radius 1 is 1.39 bits per heavy atom. The SMILES string of the molecule is CC1CCN(C(C)c2cc(Br)ccc2O)C(C)C1. The van der Waals surface area contributed by atoms with Crippen molar-refractivity contribution >= 4 is 15.9 Å². The Balaban J connectivity index is 2.20. The second-order valence-electron chi connectivity index (χ2n) is 5.60. The Labute approximate surface area is 118 Å². The largest absolute Gasteiger partial charge is 0.508 e. The van der Waals surface area contributed by atoms with Crippen LogP contribution < -0.4 is 0 Å². The van der Waals surface area contributed by atoms with Crippen molar-refractivity contribution in [1.29, 1.82) is 0 Å². The average Bonchev–Trinajstić information content (AvgIpc) is 2.31. The number of halogens is 1. The van der Waals surface area contributed by atoms with Crippen LogP contribution >= 0.6 is 15.9 Å². The molecule has 1 aliphatic heterocycles. The molecule has 1 aliphatic rings. The maximum absolute atomic E-state index is 10.0. The Morgan fingerprint density at radius 2 is 2.11 bits per heavy atom. The van der Waals surface area contributed by atoms with E-state index >= 15 is 0 Å². The topological polar surface area (TPSA) is 23.5 Å². The second kappa shape index (κ2) is 5.62. The third-order valence-corrected chi connectivity index (χ3v) is 4.62. The Morgan fingerprint density at radius 3 is 2.78 bits per heavy atom. The van der Waals surface area contributed by atoms with Crippen molar-refractivity contribution < 1.29 is 5.11 Å². The molecule has 1 fully saturated rings. The van der Waals surface area contributed by atoms with Crippen molar-refractivity contribution in [2.24, 2.45) is 5.92 Å². The van der Waals surface area contributed by atoms with Crippen LogP contribution in [0.5, 0.6) is 5.75 Å². The predicted molar refractivity (Wildman–Crippen MR) is 78.8 cm³/mol. The molecular formula is C15H22BrNO. The molecule has 0 spiro atoms. The number of likely N-dealkylation sites (tertiary alicyclic amines) is 1. The Bertz CT molecular complexity index is 421. The van der Waals surface area contributed by atoms with E-state index in [2.05, 4.69) is 41.6 Å². The van der Waals surface area contributed by atoms with Crippen LogP contribution in [0, 0.1) is 5.92 Å². The number of phenols is 1. The number of aromatic hydroxyl groups is 1. The minimum Gasteiger partial charge on any atom is -0.508 e. The molecule has 0 bridgehead atoms. The summed E-state index contributed by atoms with van der Waals surface area (Å²) >= 11 is 3.48. The molecule has 1 N–H and O–H groups in total. The first kappa shape index (κ1) is 13.9. The van der Waals surface area contributed by atoms with Gasteiger partial charge in [-0.1, -0.05) is 22.9 Å². The van der Waals surface area contributed by atoms with Gasteiger partial charge in [0.25, 0.3) is 0 Å². The van der Waals surface area contributed by atoms with Crippen LogP contribution in [-0.2, 0) is 0 Å². The van der Waals surface area contributed by atoms with Crippen LogP contribution in [-0.4, -0.2) is 22.6 Å². The molecule has 0 saturated carbocycles. The molecule has 100 valence electrons. The van der Waals surface area contributed by atoms with Gasteiger partial charge in [-0.25, -0.2) is 0 Å². The van der Waals surface area contributed by atoms with Crippen LogP contribution in [0.2, 0.25) is 0 Å². The van der Waals surface area contributed by atoms with Crippen LogP contribution in [0.1, 0.15) is 45.2 Å². The lowest BCUT2D eigenvalue weighted by atomic mass is 9.91. The number of phenolic OH excluding ortho intramolecular Hbond substituents is 1. The van der Waals surface area contributed by atoms with E-state index in [0.29, 0.717) is 11.8 Å². The minimum atomic E-state index is 0.269.